The summed E-state index contributed by atoms with van der Waals surface area (Å²) in [5, 5.41) is 6.68. The van der Waals surface area contributed by atoms with Gasteiger partial charge in [-0.1, -0.05) is 42.5 Å². The average molecular weight is 437 g/mol. The number of nitrogens with one attached hydrogen (secondary N) is 3. The molecule has 4 heteroatoms. The van der Waals surface area contributed by atoms with Crippen LogP contribution in [0.3, 0.4) is 0 Å². The van der Waals surface area contributed by atoms with Crippen LogP contribution in [-0.4, -0.2) is 34.5 Å². The molecule has 0 unspecified atom stereocenters. The predicted octanol–water partition coefficient (Wildman–Crippen LogP) is 5.65. The number of aromatic nitrogens is 2. The molecule has 2 aromatic heterocycles. The molecular formula is C29H32N4. The van der Waals surface area contributed by atoms with E-state index in [4.69, 9.17) is 0 Å². The van der Waals surface area contributed by atoms with Gasteiger partial charge in [-0.2, -0.15) is 0 Å². The Morgan fingerprint density at radius 3 is 2.36 bits per heavy atom. The monoisotopic (exact) mass is 436 g/mol. The fourth-order valence-corrected chi connectivity index (χ4v) is 7.04. The van der Waals surface area contributed by atoms with Gasteiger partial charge in [0.25, 0.3) is 0 Å². The van der Waals surface area contributed by atoms with Crippen LogP contribution in [0, 0.1) is 11.8 Å². The highest BCUT2D eigenvalue weighted by Gasteiger charge is 2.40. The van der Waals surface area contributed by atoms with Gasteiger partial charge in [-0.25, -0.2) is 0 Å². The summed E-state index contributed by atoms with van der Waals surface area (Å²) in [6.07, 6.45) is 6.85. The van der Waals surface area contributed by atoms with E-state index in [1.807, 2.05) is 0 Å². The van der Waals surface area contributed by atoms with Gasteiger partial charge in [-0.15, -0.1) is 6.58 Å². The van der Waals surface area contributed by atoms with Gasteiger partial charge in [0.1, 0.15) is 0 Å². The molecule has 3 aliphatic heterocycles. The molecule has 0 aliphatic carbocycles. The molecular weight excluding hydrogens is 404 g/mol. The molecule has 3 N–H and O–H groups in total. The first-order valence-electron chi connectivity index (χ1n) is 12.6. The lowest BCUT2D eigenvalue weighted by Gasteiger charge is -2.46. The lowest BCUT2D eigenvalue weighted by Crippen LogP contribution is -2.46. The summed E-state index contributed by atoms with van der Waals surface area (Å²) in [6, 6.07) is 18.5. The lowest BCUT2D eigenvalue weighted by atomic mass is 9.75. The molecule has 33 heavy (non-hydrogen) atoms. The molecule has 5 heterocycles. The summed E-state index contributed by atoms with van der Waals surface area (Å²) in [7, 11) is 0. The Morgan fingerprint density at radius 2 is 1.61 bits per heavy atom. The van der Waals surface area contributed by atoms with Crippen molar-refractivity contribution in [2.45, 2.75) is 37.8 Å². The van der Waals surface area contributed by atoms with Crippen LogP contribution >= 0.6 is 0 Å². The van der Waals surface area contributed by atoms with Gasteiger partial charge in [-0.05, 0) is 67.3 Å². The van der Waals surface area contributed by atoms with Crippen LogP contribution in [0.5, 0.6) is 0 Å². The van der Waals surface area contributed by atoms with Crippen molar-refractivity contribution >= 4 is 21.8 Å². The summed E-state index contributed by atoms with van der Waals surface area (Å²) in [5.41, 5.74) is 8.54. The largest absolute Gasteiger partial charge is 0.357 e. The topological polar surface area (TPSA) is 46.9 Å². The zero-order valence-electron chi connectivity index (χ0n) is 19.1. The molecule has 3 aliphatic rings. The van der Waals surface area contributed by atoms with E-state index in [2.05, 4.69) is 81.4 Å². The first kappa shape index (κ1) is 19.6. The normalized spacial score (nSPS) is 27.3. The van der Waals surface area contributed by atoms with Gasteiger partial charge in [0.2, 0.25) is 0 Å². The van der Waals surface area contributed by atoms with Crippen LogP contribution < -0.4 is 5.32 Å². The number of hydrogen-bond acceptors (Lipinski definition) is 2. The minimum atomic E-state index is 0.394. The van der Waals surface area contributed by atoms with Gasteiger partial charge in [0.05, 0.1) is 6.04 Å². The first-order valence-corrected chi connectivity index (χ1v) is 12.6. The fraction of sp³-hybridized carbons (Fsp3) is 0.379. The summed E-state index contributed by atoms with van der Waals surface area (Å²) in [4.78, 5) is 10.3. The number of nitrogens with zero attached hydrogens (tertiary/aromatic N) is 1. The zero-order chi connectivity index (χ0) is 21.9. The van der Waals surface area contributed by atoms with E-state index in [0.29, 0.717) is 23.9 Å². The van der Waals surface area contributed by atoms with Crippen molar-refractivity contribution in [2.75, 3.05) is 19.6 Å². The number of piperidine rings is 1. The summed E-state index contributed by atoms with van der Waals surface area (Å²) < 4.78 is 0. The molecule has 4 nitrogen and oxygen atoms in total. The molecule has 0 saturated carbocycles. The highest BCUT2D eigenvalue weighted by molar-refractivity contribution is 5.86. The molecule has 2 aromatic carbocycles. The van der Waals surface area contributed by atoms with Crippen LogP contribution in [0.1, 0.15) is 47.4 Å². The molecule has 0 radical (unpaired) electrons. The second-order valence-corrected chi connectivity index (χ2v) is 10.3. The van der Waals surface area contributed by atoms with Crippen LogP contribution in [0.25, 0.3) is 21.8 Å². The Balaban J connectivity index is 1.22. The molecule has 7 rings (SSSR count). The zero-order valence-corrected chi connectivity index (χ0v) is 19.1. The molecule has 4 atom stereocenters. The number of para-hydroxylation sites is 2. The van der Waals surface area contributed by atoms with Crippen molar-refractivity contribution in [1.29, 1.82) is 0 Å². The minimum Gasteiger partial charge on any atom is -0.357 e. The Labute approximate surface area is 195 Å². The number of fused-ring (bicyclic) bond motifs is 8. The van der Waals surface area contributed by atoms with Crippen LogP contribution in [0.15, 0.2) is 61.2 Å². The maximum atomic E-state index is 4.26. The number of H-pyrrole nitrogens is 2. The summed E-state index contributed by atoms with van der Waals surface area (Å²) in [5.74, 6) is 1.17. The predicted molar refractivity (Wildman–Crippen MR) is 135 cm³/mol. The third kappa shape index (κ3) is 3.04. The third-order valence-electron chi connectivity index (χ3n) is 8.65. The van der Waals surface area contributed by atoms with Gasteiger partial charge in [0, 0.05) is 52.3 Å². The van der Waals surface area contributed by atoms with E-state index in [9.17, 15) is 0 Å². The summed E-state index contributed by atoms with van der Waals surface area (Å²) >= 11 is 0. The molecule has 168 valence electrons. The van der Waals surface area contributed by atoms with Gasteiger partial charge in [0.15, 0.2) is 0 Å². The van der Waals surface area contributed by atoms with E-state index in [1.165, 1.54) is 45.2 Å². The first-order chi connectivity index (χ1) is 16.3. The Hall–Kier alpha value is -2.82. The van der Waals surface area contributed by atoms with Gasteiger partial charge >= 0.3 is 0 Å². The van der Waals surface area contributed by atoms with E-state index >= 15 is 0 Å². The van der Waals surface area contributed by atoms with E-state index in [-0.39, 0.29) is 0 Å². The maximum absolute atomic E-state index is 4.26. The van der Waals surface area contributed by atoms with Gasteiger partial charge in [-0.3, -0.25) is 4.90 Å². The van der Waals surface area contributed by atoms with Crippen LogP contribution in [-0.2, 0) is 12.8 Å². The van der Waals surface area contributed by atoms with Crippen LogP contribution in [0.2, 0.25) is 0 Å². The van der Waals surface area contributed by atoms with Crippen molar-refractivity contribution in [3.8, 4) is 0 Å². The second-order valence-electron chi connectivity index (χ2n) is 10.3. The van der Waals surface area contributed by atoms with Crippen molar-refractivity contribution in [3.63, 3.8) is 0 Å². The maximum Gasteiger partial charge on any atom is 0.0504 e. The Morgan fingerprint density at radius 1 is 0.909 bits per heavy atom. The quantitative estimate of drug-likeness (QED) is 0.364. The number of benzene rings is 2. The minimum absolute atomic E-state index is 0.394. The second kappa shape index (κ2) is 7.61. The standard InChI is InChI=1S/C29H32N4/c1-2-18-17-33-14-12-23-21-8-4-6-10-25(21)32-29(23)27(33)16-19(18)15-26-28-22(11-13-30-26)20-7-3-5-9-24(20)31-28/h2-10,18-19,26-27,30-32H,1,11-17H2/t18-,19-,26+,27-/m0/s1. The molecule has 0 bridgehead atoms. The molecule has 0 amide bonds. The molecule has 1 saturated heterocycles. The van der Waals surface area contributed by atoms with E-state index in [1.54, 1.807) is 5.56 Å². The number of hydrogen-bond donors (Lipinski definition) is 3. The van der Waals surface area contributed by atoms with Crippen molar-refractivity contribution in [3.05, 3.63) is 83.7 Å². The fourth-order valence-electron chi connectivity index (χ4n) is 7.04. The SMILES string of the molecule is C=C[C@H]1CN2CCc3c([nH]c4ccccc34)[C@@H]2C[C@@H]1C[C@H]1NCCc2c1[nH]c1ccccc21. The Kier molecular flexibility index (Phi) is 4.53. The summed E-state index contributed by atoms with van der Waals surface area (Å²) in [6.45, 7) is 7.61. The highest BCUT2D eigenvalue weighted by atomic mass is 15.2. The Bertz CT molecular complexity index is 1340. The van der Waals surface area contributed by atoms with Crippen molar-refractivity contribution in [1.82, 2.24) is 20.2 Å². The van der Waals surface area contributed by atoms with Crippen molar-refractivity contribution in [2.24, 2.45) is 11.8 Å². The smallest absolute Gasteiger partial charge is 0.0504 e. The highest BCUT2D eigenvalue weighted by Crippen LogP contribution is 2.46. The number of aromatic amines is 2. The average Bonchev–Trinajstić information content (AvgIpc) is 3.43. The molecule has 0 spiro atoms. The van der Waals surface area contributed by atoms with Gasteiger partial charge < -0.3 is 15.3 Å². The van der Waals surface area contributed by atoms with Crippen LogP contribution in [0.4, 0.5) is 0 Å². The van der Waals surface area contributed by atoms with E-state index < -0.39 is 0 Å². The molecule has 4 aromatic rings. The third-order valence-corrected chi connectivity index (χ3v) is 8.65. The van der Waals surface area contributed by atoms with E-state index in [0.717, 1.165) is 38.9 Å². The van der Waals surface area contributed by atoms with Crippen molar-refractivity contribution < 1.29 is 0 Å². The number of rotatable bonds is 3. The molecule has 1 fully saturated rings. The lowest BCUT2D eigenvalue weighted by molar-refractivity contribution is 0.0623.